The average molecular weight is 543 g/mol. The number of rotatable bonds is 19. The Hall–Kier alpha value is -1.22. The van der Waals surface area contributed by atoms with Gasteiger partial charge in [0.1, 0.15) is 17.1 Å². The highest BCUT2D eigenvalue weighted by Crippen LogP contribution is 2.51. The van der Waals surface area contributed by atoms with E-state index in [9.17, 15) is 0 Å². The van der Waals surface area contributed by atoms with Crippen LogP contribution in [0.3, 0.4) is 0 Å². The number of unbranched alkanes of at least 4 members (excludes halogenated alkanes) is 13. The van der Waals surface area contributed by atoms with E-state index in [1.807, 2.05) is 0 Å². The van der Waals surface area contributed by atoms with Crippen LogP contribution in [-0.2, 0) is 11.2 Å². The van der Waals surface area contributed by atoms with Crippen molar-refractivity contribution >= 4 is 0 Å². The van der Waals surface area contributed by atoms with Gasteiger partial charge in [0.15, 0.2) is 0 Å². The minimum atomic E-state index is -0.120. The first-order chi connectivity index (χ1) is 18.9. The fourth-order valence-electron chi connectivity index (χ4n) is 6.71. The summed E-state index contributed by atoms with van der Waals surface area (Å²) in [4.78, 5) is 0. The molecule has 0 N–H and O–H groups in total. The summed E-state index contributed by atoms with van der Waals surface area (Å²) in [5.74, 6) is 2.22. The fourth-order valence-corrected chi connectivity index (χ4v) is 6.71. The van der Waals surface area contributed by atoms with E-state index in [1.54, 1.807) is 0 Å². The number of hydrogen-bond acceptors (Lipinski definition) is 3. The largest absolute Gasteiger partial charge is 0.487 e. The summed E-state index contributed by atoms with van der Waals surface area (Å²) < 4.78 is 19.8. The number of ether oxygens (including phenoxy) is 3. The first-order valence-electron chi connectivity index (χ1n) is 17.1. The molecule has 0 saturated carbocycles. The molecule has 2 aliphatic heterocycles. The van der Waals surface area contributed by atoms with Crippen LogP contribution in [0.2, 0.25) is 0 Å². The predicted octanol–water partition coefficient (Wildman–Crippen LogP) is 11.6. The summed E-state index contributed by atoms with van der Waals surface area (Å²) in [6, 6.07) is 0. The Labute approximate surface area is 242 Å². The van der Waals surface area contributed by atoms with Gasteiger partial charge in [-0.05, 0) is 64.0 Å². The molecule has 2 heterocycles. The van der Waals surface area contributed by atoms with Crippen molar-refractivity contribution in [1.82, 2.24) is 0 Å². The predicted molar refractivity (Wildman–Crippen MR) is 166 cm³/mol. The van der Waals surface area contributed by atoms with Crippen molar-refractivity contribution in [2.75, 3.05) is 0 Å². The molecule has 0 fully saturated rings. The molecule has 0 aliphatic carbocycles. The molecule has 3 heteroatoms. The van der Waals surface area contributed by atoms with Gasteiger partial charge in [-0.3, -0.25) is 0 Å². The van der Waals surface area contributed by atoms with Gasteiger partial charge in [-0.2, -0.15) is 0 Å². The maximum absolute atomic E-state index is 6.90. The summed E-state index contributed by atoms with van der Waals surface area (Å²) >= 11 is 0. The van der Waals surface area contributed by atoms with Crippen molar-refractivity contribution in [2.24, 2.45) is 0 Å². The standard InChI is InChI=1S/C36H62O3/c1-7-10-11-12-13-14-15-16-17-18-19-20-21-22-26-36(6)27-25-30-33-31(23-8-2)37-32(24-9-3)38-35(33)29(5)28(4)34(30)39-36/h31-32H,7-27H2,1-6H3/t31-,32-,36?/m0/s1. The Morgan fingerprint density at radius 2 is 1.21 bits per heavy atom. The third kappa shape index (κ3) is 9.40. The highest BCUT2D eigenvalue weighted by Gasteiger charge is 2.39. The molecule has 224 valence electrons. The summed E-state index contributed by atoms with van der Waals surface area (Å²) in [7, 11) is 0. The van der Waals surface area contributed by atoms with Crippen LogP contribution >= 0.6 is 0 Å². The second kappa shape index (κ2) is 16.9. The molecule has 0 spiro atoms. The smallest absolute Gasteiger partial charge is 0.200 e. The monoisotopic (exact) mass is 542 g/mol. The Bertz CT molecular complexity index is 846. The Morgan fingerprint density at radius 3 is 1.77 bits per heavy atom. The molecule has 0 aromatic heterocycles. The van der Waals surface area contributed by atoms with E-state index < -0.39 is 0 Å². The van der Waals surface area contributed by atoms with Crippen molar-refractivity contribution < 1.29 is 14.2 Å². The van der Waals surface area contributed by atoms with Gasteiger partial charge in [0, 0.05) is 17.5 Å². The molecule has 3 rings (SSSR count). The second-order valence-electron chi connectivity index (χ2n) is 12.9. The summed E-state index contributed by atoms with van der Waals surface area (Å²) in [6.07, 6.45) is 27.2. The molecular weight excluding hydrogens is 480 g/mol. The van der Waals surface area contributed by atoms with Crippen molar-refractivity contribution in [1.29, 1.82) is 0 Å². The van der Waals surface area contributed by atoms with Gasteiger partial charge in [-0.1, -0.05) is 117 Å². The third-order valence-corrected chi connectivity index (χ3v) is 9.36. The molecule has 39 heavy (non-hydrogen) atoms. The first-order valence-corrected chi connectivity index (χ1v) is 17.1. The lowest BCUT2D eigenvalue weighted by atomic mass is 9.82. The normalized spacial score (nSPS) is 22.2. The average Bonchev–Trinajstić information content (AvgIpc) is 2.92. The summed E-state index contributed by atoms with van der Waals surface area (Å²) in [5.41, 5.74) is 5.11. The van der Waals surface area contributed by atoms with Crippen LogP contribution in [0.15, 0.2) is 0 Å². The summed E-state index contributed by atoms with van der Waals surface area (Å²) in [5, 5.41) is 0. The van der Waals surface area contributed by atoms with Crippen LogP contribution in [0.5, 0.6) is 11.5 Å². The van der Waals surface area contributed by atoms with Gasteiger partial charge >= 0.3 is 0 Å². The molecule has 1 aromatic rings. The zero-order chi connectivity index (χ0) is 28.1. The molecule has 1 aromatic carbocycles. The quantitative estimate of drug-likeness (QED) is 0.163. The minimum Gasteiger partial charge on any atom is -0.487 e. The zero-order valence-electron chi connectivity index (χ0n) is 26.7. The SMILES string of the molecule is CCCCCCCCCCCCCCCCC1(C)CCc2c(c(C)c(C)c3c2[C@H](CCC)O[C@H](CCC)O3)O1. The number of benzene rings is 1. The van der Waals surface area contributed by atoms with Crippen LogP contribution < -0.4 is 9.47 Å². The van der Waals surface area contributed by atoms with Crippen LogP contribution in [-0.4, -0.2) is 11.9 Å². The van der Waals surface area contributed by atoms with Crippen molar-refractivity contribution in [3.05, 3.63) is 22.3 Å². The van der Waals surface area contributed by atoms with Crippen LogP contribution in [0, 0.1) is 13.8 Å². The maximum atomic E-state index is 6.90. The third-order valence-electron chi connectivity index (χ3n) is 9.36. The lowest BCUT2D eigenvalue weighted by molar-refractivity contribution is -0.147. The van der Waals surface area contributed by atoms with Crippen LogP contribution in [0.1, 0.15) is 184 Å². The zero-order valence-corrected chi connectivity index (χ0v) is 26.7. The molecule has 3 nitrogen and oxygen atoms in total. The van der Waals surface area contributed by atoms with Crippen LogP contribution in [0.25, 0.3) is 0 Å². The van der Waals surface area contributed by atoms with Crippen LogP contribution in [0.4, 0.5) is 0 Å². The van der Waals surface area contributed by atoms with E-state index in [0.717, 1.165) is 56.4 Å². The van der Waals surface area contributed by atoms with Gasteiger partial charge in [-0.15, -0.1) is 0 Å². The topological polar surface area (TPSA) is 27.7 Å². The molecule has 1 unspecified atom stereocenters. The van der Waals surface area contributed by atoms with Crippen molar-refractivity contribution in [3.8, 4) is 11.5 Å². The van der Waals surface area contributed by atoms with Gasteiger partial charge in [-0.25, -0.2) is 0 Å². The Morgan fingerprint density at radius 1 is 0.667 bits per heavy atom. The second-order valence-corrected chi connectivity index (χ2v) is 12.9. The molecule has 0 amide bonds. The molecular formula is C36H62O3. The Balaban J connectivity index is 1.44. The summed E-state index contributed by atoms with van der Waals surface area (Å²) in [6.45, 7) is 13.6. The molecule has 0 radical (unpaired) electrons. The van der Waals surface area contributed by atoms with Gasteiger partial charge in [0.05, 0.1) is 6.10 Å². The maximum Gasteiger partial charge on any atom is 0.200 e. The van der Waals surface area contributed by atoms with Crippen molar-refractivity contribution in [3.63, 3.8) is 0 Å². The minimum absolute atomic E-state index is 0.0586. The number of hydrogen-bond donors (Lipinski definition) is 0. The fraction of sp³-hybridized carbons (Fsp3) is 0.833. The molecule has 3 atom stereocenters. The Kier molecular flexibility index (Phi) is 14.0. The highest BCUT2D eigenvalue weighted by atomic mass is 16.7. The first kappa shape index (κ1) is 32.3. The van der Waals surface area contributed by atoms with Gasteiger partial charge < -0.3 is 14.2 Å². The number of fused-ring (bicyclic) bond motifs is 3. The molecule has 0 bridgehead atoms. The lowest BCUT2D eigenvalue weighted by Crippen LogP contribution is -2.38. The van der Waals surface area contributed by atoms with E-state index >= 15 is 0 Å². The van der Waals surface area contributed by atoms with E-state index in [-0.39, 0.29) is 18.0 Å². The van der Waals surface area contributed by atoms with E-state index in [4.69, 9.17) is 14.2 Å². The van der Waals surface area contributed by atoms with Gasteiger partial charge in [0.2, 0.25) is 6.29 Å². The lowest BCUT2D eigenvalue weighted by Gasteiger charge is -2.42. The van der Waals surface area contributed by atoms with E-state index in [2.05, 4.69) is 41.5 Å². The van der Waals surface area contributed by atoms with E-state index in [1.165, 1.54) is 112 Å². The van der Waals surface area contributed by atoms with E-state index in [0.29, 0.717) is 0 Å². The molecule has 2 aliphatic rings. The van der Waals surface area contributed by atoms with Crippen molar-refractivity contribution in [2.45, 2.75) is 194 Å². The highest BCUT2D eigenvalue weighted by molar-refractivity contribution is 5.60. The van der Waals surface area contributed by atoms with Gasteiger partial charge in [0.25, 0.3) is 0 Å². The molecule has 0 saturated heterocycles.